The van der Waals surface area contributed by atoms with Gasteiger partial charge in [0.1, 0.15) is 0 Å². The van der Waals surface area contributed by atoms with Crippen molar-refractivity contribution in [1.29, 1.82) is 0 Å². The van der Waals surface area contributed by atoms with Crippen molar-refractivity contribution in [3.8, 4) is 22.6 Å². The predicted octanol–water partition coefficient (Wildman–Crippen LogP) is 8.51. The van der Waals surface area contributed by atoms with E-state index in [0.717, 1.165) is 22.6 Å². The molecule has 4 aromatic rings. The van der Waals surface area contributed by atoms with Crippen molar-refractivity contribution in [3.63, 3.8) is 0 Å². The lowest BCUT2D eigenvalue weighted by Gasteiger charge is -2.34. The smallest absolute Gasteiger partial charge is 0.159 e. The van der Waals surface area contributed by atoms with Gasteiger partial charge in [0.15, 0.2) is 5.82 Å². The summed E-state index contributed by atoms with van der Waals surface area (Å²) in [5.74, 6) is 0.827. The molecule has 3 heteroatoms. The Labute approximate surface area is 204 Å². The molecule has 34 heavy (non-hydrogen) atoms. The van der Waals surface area contributed by atoms with Crippen molar-refractivity contribution in [2.75, 3.05) is 0 Å². The van der Waals surface area contributed by atoms with Crippen molar-refractivity contribution in [2.24, 2.45) is 0 Å². The van der Waals surface area contributed by atoms with E-state index in [4.69, 9.17) is 15.0 Å². The van der Waals surface area contributed by atoms with Crippen molar-refractivity contribution in [2.45, 2.75) is 78.1 Å². The SMILES string of the molecule is CC.CC.CC12CCCC(C)(C1)c1nc(-c3cccc(-c4nccc5ccccc45)c3)ncc12. The van der Waals surface area contributed by atoms with Gasteiger partial charge in [0.05, 0.1) is 11.4 Å². The summed E-state index contributed by atoms with van der Waals surface area (Å²) in [4.78, 5) is 14.7. The van der Waals surface area contributed by atoms with Crippen molar-refractivity contribution < 1.29 is 0 Å². The first-order valence-corrected chi connectivity index (χ1v) is 12.9. The molecule has 2 atom stereocenters. The normalized spacial score (nSPS) is 22.2. The van der Waals surface area contributed by atoms with Crippen LogP contribution in [0.1, 0.15) is 78.5 Å². The van der Waals surface area contributed by atoms with E-state index in [1.807, 2.05) is 33.9 Å². The number of pyridine rings is 1. The number of hydrogen-bond acceptors (Lipinski definition) is 3. The Morgan fingerprint density at radius 3 is 2.32 bits per heavy atom. The summed E-state index contributed by atoms with van der Waals surface area (Å²) in [5, 5.41) is 2.37. The van der Waals surface area contributed by atoms with Gasteiger partial charge in [0.2, 0.25) is 0 Å². The van der Waals surface area contributed by atoms with E-state index in [0.29, 0.717) is 0 Å². The van der Waals surface area contributed by atoms with Crippen LogP contribution in [0.15, 0.2) is 67.0 Å². The van der Waals surface area contributed by atoms with E-state index >= 15 is 0 Å². The van der Waals surface area contributed by atoms with E-state index in [1.165, 1.54) is 47.7 Å². The van der Waals surface area contributed by atoms with E-state index in [-0.39, 0.29) is 10.8 Å². The standard InChI is InChI=1S/C27H25N3.2C2H6/c1-26-12-6-13-27(2,17-26)24-22(26)16-29-25(30-24)20-9-5-8-19(15-20)23-21-10-4-3-7-18(21)11-14-28-23;2*1-2/h3-5,7-11,14-16H,6,12-13,17H2,1-2H3;2*1-2H3. The number of nitrogens with zero attached hydrogens (tertiary/aromatic N) is 3. The monoisotopic (exact) mass is 451 g/mol. The van der Waals surface area contributed by atoms with Crippen LogP contribution in [0.3, 0.4) is 0 Å². The summed E-state index contributed by atoms with van der Waals surface area (Å²) in [5.41, 5.74) is 6.25. The second-order valence-electron chi connectivity index (χ2n) is 9.57. The molecule has 2 aromatic heterocycles. The molecular weight excluding hydrogens is 414 g/mol. The first-order chi connectivity index (χ1) is 16.6. The summed E-state index contributed by atoms with van der Waals surface area (Å²) in [7, 11) is 0. The Morgan fingerprint density at radius 1 is 0.765 bits per heavy atom. The van der Waals surface area contributed by atoms with Gasteiger partial charge in [-0.25, -0.2) is 9.97 Å². The molecule has 2 bridgehead atoms. The van der Waals surface area contributed by atoms with E-state index in [2.05, 4.69) is 74.6 Å². The van der Waals surface area contributed by atoms with E-state index < -0.39 is 0 Å². The lowest BCUT2D eigenvalue weighted by atomic mass is 9.69. The molecule has 0 radical (unpaired) electrons. The molecule has 1 saturated carbocycles. The molecule has 2 aliphatic rings. The summed E-state index contributed by atoms with van der Waals surface area (Å²) < 4.78 is 0. The molecule has 0 N–H and O–H groups in total. The zero-order valence-corrected chi connectivity index (χ0v) is 21.5. The molecule has 6 rings (SSSR count). The topological polar surface area (TPSA) is 38.7 Å². The van der Waals surface area contributed by atoms with Gasteiger partial charge in [-0.2, -0.15) is 0 Å². The van der Waals surface area contributed by atoms with Crippen LogP contribution >= 0.6 is 0 Å². The molecular formula is C31H37N3. The zero-order valence-electron chi connectivity index (χ0n) is 21.5. The average molecular weight is 452 g/mol. The summed E-state index contributed by atoms with van der Waals surface area (Å²) in [6, 6.07) is 19.0. The molecule has 2 heterocycles. The van der Waals surface area contributed by atoms with Gasteiger partial charge in [-0.1, -0.05) is 90.4 Å². The Morgan fingerprint density at radius 2 is 1.50 bits per heavy atom. The maximum atomic E-state index is 5.15. The maximum absolute atomic E-state index is 5.15. The molecule has 0 spiro atoms. The van der Waals surface area contributed by atoms with Crippen LogP contribution in [0, 0.1) is 0 Å². The minimum Gasteiger partial charge on any atom is -0.256 e. The Hall–Kier alpha value is -3.07. The van der Waals surface area contributed by atoms with Gasteiger partial charge in [0.25, 0.3) is 0 Å². The number of fused-ring (bicyclic) bond motifs is 6. The van der Waals surface area contributed by atoms with Gasteiger partial charge < -0.3 is 0 Å². The summed E-state index contributed by atoms with van der Waals surface area (Å²) in [6.45, 7) is 12.8. The van der Waals surface area contributed by atoms with Crippen molar-refractivity contribution in [3.05, 3.63) is 78.2 Å². The molecule has 2 aliphatic carbocycles. The molecule has 0 saturated heterocycles. The molecule has 3 nitrogen and oxygen atoms in total. The zero-order chi connectivity index (χ0) is 24.3. The van der Waals surface area contributed by atoms with Crippen LogP contribution in [-0.2, 0) is 10.8 Å². The number of benzene rings is 2. The third-order valence-electron chi connectivity index (χ3n) is 7.32. The fourth-order valence-corrected chi connectivity index (χ4v) is 5.92. The van der Waals surface area contributed by atoms with Crippen LogP contribution in [-0.4, -0.2) is 15.0 Å². The fraction of sp³-hybridized carbons (Fsp3) is 0.387. The largest absolute Gasteiger partial charge is 0.256 e. The summed E-state index contributed by atoms with van der Waals surface area (Å²) in [6.07, 6.45) is 8.95. The predicted molar refractivity (Wildman–Crippen MR) is 144 cm³/mol. The maximum Gasteiger partial charge on any atom is 0.159 e. The molecule has 176 valence electrons. The van der Waals surface area contributed by atoms with Crippen molar-refractivity contribution >= 4 is 10.8 Å². The quantitative estimate of drug-likeness (QED) is 0.306. The highest BCUT2D eigenvalue weighted by Gasteiger charge is 2.51. The Kier molecular flexibility index (Phi) is 6.84. The molecule has 2 unspecified atom stereocenters. The van der Waals surface area contributed by atoms with Gasteiger partial charge in [-0.05, 0) is 47.8 Å². The molecule has 2 aromatic carbocycles. The number of hydrogen-bond donors (Lipinski definition) is 0. The second-order valence-corrected chi connectivity index (χ2v) is 9.57. The molecule has 1 fully saturated rings. The molecule has 0 aliphatic heterocycles. The highest BCUT2D eigenvalue weighted by atomic mass is 14.9. The lowest BCUT2D eigenvalue weighted by Crippen LogP contribution is -2.29. The third kappa shape index (κ3) is 4.02. The van der Waals surface area contributed by atoms with Crippen LogP contribution in [0.4, 0.5) is 0 Å². The number of rotatable bonds is 2. The van der Waals surface area contributed by atoms with E-state index in [1.54, 1.807) is 0 Å². The van der Waals surface area contributed by atoms with Gasteiger partial charge in [-0.15, -0.1) is 0 Å². The number of aromatic nitrogens is 3. The van der Waals surface area contributed by atoms with Crippen molar-refractivity contribution in [1.82, 2.24) is 15.0 Å². The minimum atomic E-state index is 0.189. The first-order valence-electron chi connectivity index (χ1n) is 12.9. The Balaban J connectivity index is 0.000000652. The third-order valence-corrected chi connectivity index (χ3v) is 7.32. The van der Waals surface area contributed by atoms with E-state index in [9.17, 15) is 0 Å². The minimum absolute atomic E-state index is 0.189. The first kappa shape index (κ1) is 24.1. The van der Waals surface area contributed by atoms with Crippen LogP contribution in [0.5, 0.6) is 0 Å². The average Bonchev–Trinajstić information content (AvgIpc) is 3.06. The van der Waals surface area contributed by atoms with Crippen LogP contribution in [0.2, 0.25) is 0 Å². The summed E-state index contributed by atoms with van der Waals surface area (Å²) >= 11 is 0. The van der Waals surface area contributed by atoms with Crippen LogP contribution < -0.4 is 0 Å². The molecule has 0 amide bonds. The van der Waals surface area contributed by atoms with Gasteiger partial charge in [0, 0.05) is 34.3 Å². The van der Waals surface area contributed by atoms with Gasteiger partial charge in [-0.3, -0.25) is 4.98 Å². The highest BCUT2D eigenvalue weighted by Crippen LogP contribution is 2.56. The fourth-order valence-electron chi connectivity index (χ4n) is 5.92. The lowest BCUT2D eigenvalue weighted by molar-refractivity contribution is 0.250. The van der Waals surface area contributed by atoms with Gasteiger partial charge >= 0.3 is 0 Å². The second kappa shape index (κ2) is 9.66. The van der Waals surface area contributed by atoms with Crippen LogP contribution in [0.25, 0.3) is 33.4 Å². The highest BCUT2D eigenvalue weighted by molar-refractivity contribution is 5.94. The Bertz CT molecular complexity index is 1290.